The number of anilines is 2. The van der Waals surface area contributed by atoms with E-state index in [1.165, 1.54) is 11.3 Å². The number of ether oxygens (including phenoxy) is 1. The van der Waals surface area contributed by atoms with Gasteiger partial charge in [0.1, 0.15) is 6.10 Å². The number of benzene rings is 1. The predicted molar refractivity (Wildman–Crippen MR) is 107 cm³/mol. The number of hydrogen-bond donors (Lipinski definition) is 1. The van der Waals surface area contributed by atoms with E-state index in [1.807, 2.05) is 37.3 Å². The normalized spacial score (nSPS) is 19.2. The van der Waals surface area contributed by atoms with E-state index in [-0.39, 0.29) is 18.4 Å². The SMILES string of the molecule is Cc1ccc(C(=O)NC[C@H]2CN(c3ccc(N4CCCC4=O)cc3)C(=O)O2)s1. The molecule has 28 heavy (non-hydrogen) atoms. The van der Waals surface area contributed by atoms with Gasteiger partial charge in [-0.1, -0.05) is 0 Å². The van der Waals surface area contributed by atoms with E-state index in [0.717, 1.165) is 23.5 Å². The zero-order valence-electron chi connectivity index (χ0n) is 15.5. The van der Waals surface area contributed by atoms with Gasteiger partial charge in [-0.05, 0) is 49.7 Å². The molecule has 1 N–H and O–H groups in total. The summed E-state index contributed by atoms with van der Waals surface area (Å²) in [5, 5.41) is 2.82. The van der Waals surface area contributed by atoms with Crippen LogP contribution < -0.4 is 15.1 Å². The van der Waals surface area contributed by atoms with Crippen molar-refractivity contribution >= 4 is 40.6 Å². The molecular weight excluding hydrogens is 378 g/mol. The van der Waals surface area contributed by atoms with Crippen LogP contribution in [0.3, 0.4) is 0 Å². The number of amides is 3. The Morgan fingerprint density at radius 2 is 1.86 bits per heavy atom. The van der Waals surface area contributed by atoms with Crippen LogP contribution in [0, 0.1) is 6.92 Å². The standard InChI is InChI=1S/C20H21N3O4S/c1-13-4-9-17(28-13)19(25)21-11-16-12-23(20(26)27-16)15-7-5-14(6-8-15)22-10-2-3-18(22)24/h4-9,16H,2-3,10-12H2,1H3,(H,21,25)/t16-/m0/s1. The summed E-state index contributed by atoms with van der Waals surface area (Å²) in [6.45, 7) is 3.31. The molecule has 0 aliphatic carbocycles. The van der Waals surface area contributed by atoms with Gasteiger partial charge in [0, 0.05) is 29.2 Å². The number of cyclic esters (lactones) is 1. The molecule has 2 aliphatic heterocycles. The number of rotatable bonds is 5. The first-order valence-corrected chi connectivity index (χ1v) is 10.1. The molecule has 2 fully saturated rings. The van der Waals surface area contributed by atoms with Crippen molar-refractivity contribution in [1.29, 1.82) is 0 Å². The van der Waals surface area contributed by atoms with Gasteiger partial charge in [0.2, 0.25) is 5.91 Å². The lowest BCUT2D eigenvalue weighted by atomic mass is 10.2. The van der Waals surface area contributed by atoms with E-state index in [1.54, 1.807) is 15.9 Å². The third-order valence-electron chi connectivity index (χ3n) is 4.87. The van der Waals surface area contributed by atoms with Crippen LogP contribution >= 0.6 is 11.3 Å². The second kappa shape index (κ2) is 7.63. The van der Waals surface area contributed by atoms with Crippen molar-refractivity contribution in [2.45, 2.75) is 25.9 Å². The Hall–Kier alpha value is -2.87. The van der Waals surface area contributed by atoms with Gasteiger partial charge in [0.05, 0.1) is 18.0 Å². The number of thiophene rings is 1. The Morgan fingerprint density at radius 1 is 1.14 bits per heavy atom. The summed E-state index contributed by atoms with van der Waals surface area (Å²) in [7, 11) is 0. The molecule has 4 rings (SSSR count). The van der Waals surface area contributed by atoms with E-state index < -0.39 is 12.2 Å². The molecule has 0 saturated carbocycles. The summed E-state index contributed by atoms with van der Waals surface area (Å²) >= 11 is 1.43. The minimum atomic E-state index is -0.434. The molecule has 2 saturated heterocycles. The Morgan fingerprint density at radius 3 is 2.46 bits per heavy atom. The summed E-state index contributed by atoms with van der Waals surface area (Å²) in [5.41, 5.74) is 1.55. The van der Waals surface area contributed by atoms with Crippen molar-refractivity contribution in [1.82, 2.24) is 5.32 Å². The first kappa shape index (κ1) is 18.5. The molecule has 0 radical (unpaired) electrons. The maximum Gasteiger partial charge on any atom is 0.414 e. The van der Waals surface area contributed by atoms with E-state index in [9.17, 15) is 14.4 Å². The molecule has 0 unspecified atom stereocenters. The molecular formula is C20H21N3O4S. The minimum absolute atomic E-state index is 0.130. The highest BCUT2D eigenvalue weighted by Gasteiger charge is 2.33. The highest BCUT2D eigenvalue weighted by Crippen LogP contribution is 2.27. The molecule has 0 bridgehead atoms. The topological polar surface area (TPSA) is 79.0 Å². The van der Waals surface area contributed by atoms with Crippen molar-refractivity contribution in [3.63, 3.8) is 0 Å². The summed E-state index contributed by atoms with van der Waals surface area (Å²) < 4.78 is 5.38. The zero-order chi connectivity index (χ0) is 19.7. The maximum atomic E-state index is 12.2. The Balaban J connectivity index is 1.35. The number of nitrogens with one attached hydrogen (secondary N) is 1. The summed E-state index contributed by atoms with van der Waals surface area (Å²) in [5.74, 6) is -0.0303. The average molecular weight is 399 g/mol. The zero-order valence-corrected chi connectivity index (χ0v) is 16.3. The van der Waals surface area contributed by atoms with Crippen LogP contribution in [0.2, 0.25) is 0 Å². The third-order valence-corrected chi connectivity index (χ3v) is 5.87. The number of carbonyl (C=O) groups excluding carboxylic acids is 3. The predicted octanol–water partition coefficient (Wildman–Crippen LogP) is 2.94. The summed E-state index contributed by atoms with van der Waals surface area (Å²) in [4.78, 5) is 41.2. The first-order valence-electron chi connectivity index (χ1n) is 9.24. The number of nitrogens with zero attached hydrogens (tertiary/aromatic N) is 2. The first-order chi connectivity index (χ1) is 13.5. The smallest absolute Gasteiger partial charge is 0.414 e. The van der Waals surface area contributed by atoms with Gasteiger partial charge in [-0.3, -0.25) is 14.5 Å². The molecule has 0 spiro atoms. The Labute approximate surface area is 166 Å². The molecule has 2 aromatic rings. The van der Waals surface area contributed by atoms with Gasteiger partial charge in [0.25, 0.3) is 5.91 Å². The molecule has 7 nitrogen and oxygen atoms in total. The van der Waals surface area contributed by atoms with Gasteiger partial charge in [-0.25, -0.2) is 4.79 Å². The fraction of sp³-hybridized carbons (Fsp3) is 0.350. The van der Waals surface area contributed by atoms with Crippen LogP contribution in [0.5, 0.6) is 0 Å². The Kier molecular flexibility index (Phi) is 5.04. The van der Waals surface area contributed by atoms with E-state index in [0.29, 0.717) is 23.5 Å². The monoisotopic (exact) mass is 399 g/mol. The molecule has 3 heterocycles. The second-order valence-corrected chi connectivity index (χ2v) is 8.19. The number of aryl methyl sites for hydroxylation is 1. The third kappa shape index (κ3) is 3.73. The summed E-state index contributed by atoms with van der Waals surface area (Å²) in [6, 6.07) is 11.0. The van der Waals surface area contributed by atoms with Crippen LogP contribution in [-0.2, 0) is 9.53 Å². The van der Waals surface area contributed by atoms with Gasteiger partial charge in [-0.15, -0.1) is 11.3 Å². The minimum Gasteiger partial charge on any atom is -0.442 e. The van der Waals surface area contributed by atoms with Crippen molar-refractivity contribution in [2.75, 3.05) is 29.4 Å². The van der Waals surface area contributed by atoms with Crippen molar-refractivity contribution in [3.05, 3.63) is 46.2 Å². The van der Waals surface area contributed by atoms with Crippen LogP contribution in [0.4, 0.5) is 16.2 Å². The van der Waals surface area contributed by atoms with Gasteiger partial charge >= 0.3 is 6.09 Å². The molecule has 1 aromatic carbocycles. The highest BCUT2D eigenvalue weighted by molar-refractivity contribution is 7.13. The fourth-order valence-electron chi connectivity index (χ4n) is 3.42. The van der Waals surface area contributed by atoms with Crippen molar-refractivity contribution in [2.24, 2.45) is 0 Å². The van der Waals surface area contributed by atoms with Gasteiger partial charge in [-0.2, -0.15) is 0 Å². The van der Waals surface area contributed by atoms with Crippen LogP contribution in [0.25, 0.3) is 0 Å². The average Bonchev–Trinajstić information content (AvgIpc) is 3.40. The molecule has 3 amide bonds. The molecule has 2 aliphatic rings. The lowest BCUT2D eigenvalue weighted by Gasteiger charge is -2.18. The number of carbonyl (C=O) groups is 3. The molecule has 8 heteroatoms. The van der Waals surface area contributed by atoms with Crippen LogP contribution in [0.1, 0.15) is 27.4 Å². The highest BCUT2D eigenvalue weighted by atomic mass is 32.1. The fourth-order valence-corrected chi connectivity index (χ4v) is 4.21. The molecule has 1 atom stereocenters. The van der Waals surface area contributed by atoms with Gasteiger partial charge in [0.15, 0.2) is 0 Å². The van der Waals surface area contributed by atoms with E-state index in [2.05, 4.69) is 5.32 Å². The lowest BCUT2D eigenvalue weighted by molar-refractivity contribution is -0.117. The molecule has 146 valence electrons. The Bertz CT molecular complexity index is 908. The quantitative estimate of drug-likeness (QED) is 0.838. The summed E-state index contributed by atoms with van der Waals surface area (Å²) in [6.07, 6.45) is 0.615. The van der Waals surface area contributed by atoms with Crippen LogP contribution in [-0.4, -0.2) is 43.6 Å². The maximum absolute atomic E-state index is 12.2. The van der Waals surface area contributed by atoms with Crippen molar-refractivity contribution < 1.29 is 19.1 Å². The van der Waals surface area contributed by atoms with Crippen LogP contribution in [0.15, 0.2) is 36.4 Å². The molecule has 1 aromatic heterocycles. The van der Waals surface area contributed by atoms with Crippen molar-refractivity contribution in [3.8, 4) is 0 Å². The second-order valence-electron chi connectivity index (χ2n) is 6.90. The largest absolute Gasteiger partial charge is 0.442 e. The van der Waals surface area contributed by atoms with E-state index in [4.69, 9.17) is 4.74 Å². The van der Waals surface area contributed by atoms with E-state index >= 15 is 0 Å². The van der Waals surface area contributed by atoms with Gasteiger partial charge < -0.3 is 15.0 Å². The number of hydrogen-bond acceptors (Lipinski definition) is 5. The lowest BCUT2D eigenvalue weighted by Crippen LogP contribution is -2.34.